The Morgan fingerprint density at radius 2 is 1.76 bits per heavy atom. The molecular formula is C18H24ClNO. The minimum absolute atomic E-state index is 0.161. The average molecular weight is 306 g/mol. The van der Waals surface area contributed by atoms with Gasteiger partial charge in [0, 0.05) is 11.7 Å². The van der Waals surface area contributed by atoms with E-state index in [1.165, 1.54) is 0 Å². The average Bonchev–Trinajstić information content (AvgIpc) is 2.73. The lowest BCUT2D eigenvalue weighted by molar-refractivity contribution is -0.0178. The van der Waals surface area contributed by atoms with Gasteiger partial charge < -0.3 is 9.30 Å². The van der Waals surface area contributed by atoms with Crippen LogP contribution in [-0.4, -0.2) is 10.2 Å². The highest BCUT2D eigenvalue weighted by Crippen LogP contribution is 2.34. The van der Waals surface area contributed by atoms with Crippen LogP contribution in [0.3, 0.4) is 0 Å². The Morgan fingerprint density at radius 3 is 2.29 bits per heavy atom. The van der Waals surface area contributed by atoms with Crippen LogP contribution < -0.4 is 0 Å². The molecule has 2 nitrogen and oxygen atoms in total. The van der Waals surface area contributed by atoms with Crippen molar-refractivity contribution in [3.8, 4) is 11.3 Å². The molecule has 0 spiro atoms. The first-order valence-corrected chi connectivity index (χ1v) is 7.76. The van der Waals surface area contributed by atoms with Gasteiger partial charge in [-0.05, 0) is 46.2 Å². The van der Waals surface area contributed by atoms with E-state index in [1.54, 1.807) is 0 Å². The number of halogens is 1. The van der Waals surface area contributed by atoms with Gasteiger partial charge in [-0.3, -0.25) is 0 Å². The van der Waals surface area contributed by atoms with E-state index in [0.29, 0.717) is 12.6 Å². The molecule has 0 atom stereocenters. The fourth-order valence-electron chi connectivity index (χ4n) is 2.41. The monoisotopic (exact) mass is 305 g/mol. The predicted molar refractivity (Wildman–Crippen MR) is 89.8 cm³/mol. The summed E-state index contributed by atoms with van der Waals surface area (Å²) in [5, 5.41) is 0.780. The molecule has 0 aliphatic rings. The lowest BCUT2D eigenvalue weighted by Gasteiger charge is -2.22. The quantitative estimate of drug-likeness (QED) is 0.706. The maximum Gasteiger partial charge on any atom is 0.0875 e. The molecule has 0 aliphatic heterocycles. The molecule has 0 aliphatic carbocycles. The van der Waals surface area contributed by atoms with Crippen LogP contribution in [0.1, 0.15) is 46.4 Å². The van der Waals surface area contributed by atoms with Crippen molar-refractivity contribution in [1.82, 2.24) is 4.57 Å². The van der Waals surface area contributed by atoms with Crippen LogP contribution in [0.2, 0.25) is 5.02 Å². The summed E-state index contributed by atoms with van der Waals surface area (Å²) < 4.78 is 8.20. The smallest absolute Gasteiger partial charge is 0.0875 e. The normalized spacial score (nSPS) is 12.1. The van der Waals surface area contributed by atoms with Crippen molar-refractivity contribution in [2.75, 3.05) is 0 Å². The van der Waals surface area contributed by atoms with Crippen LogP contribution >= 0.6 is 11.6 Å². The Morgan fingerprint density at radius 1 is 1.14 bits per heavy atom. The van der Waals surface area contributed by atoms with Crippen molar-refractivity contribution >= 4 is 11.6 Å². The number of benzene rings is 1. The molecule has 2 aromatic rings. The highest BCUT2D eigenvalue weighted by Gasteiger charge is 2.19. The van der Waals surface area contributed by atoms with E-state index in [2.05, 4.69) is 51.3 Å². The van der Waals surface area contributed by atoms with Gasteiger partial charge in [0.05, 0.1) is 22.9 Å². The molecule has 1 aromatic carbocycles. The van der Waals surface area contributed by atoms with E-state index < -0.39 is 0 Å². The third-order valence-corrected chi connectivity index (χ3v) is 3.57. The summed E-state index contributed by atoms with van der Waals surface area (Å²) in [4.78, 5) is 0. The van der Waals surface area contributed by atoms with Crippen LogP contribution in [0.25, 0.3) is 11.3 Å². The van der Waals surface area contributed by atoms with Crippen molar-refractivity contribution in [2.45, 2.75) is 52.9 Å². The van der Waals surface area contributed by atoms with Crippen LogP contribution in [0.15, 0.2) is 36.4 Å². The number of ether oxygens (including phenoxy) is 1. The van der Waals surface area contributed by atoms with Crippen molar-refractivity contribution < 1.29 is 4.74 Å². The molecule has 0 saturated heterocycles. The minimum Gasteiger partial charge on any atom is -0.370 e. The highest BCUT2D eigenvalue weighted by atomic mass is 35.5. The van der Waals surface area contributed by atoms with Gasteiger partial charge in [0.2, 0.25) is 0 Å². The molecule has 0 unspecified atom stereocenters. The van der Waals surface area contributed by atoms with E-state index in [9.17, 15) is 0 Å². The second-order valence-corrected chi connectivity index (χ2v) is 6.97. The van der Waals surface area contributed by atoms with Crippen molar-refractivity contribution in [2.24, 2.45) is 0 Å². The molecular weight excluding hydrogens is 282 g/mol. The van der Waals surface area contributed by atoms with E-state index in [-0.39, 0.29) is 5.60 Å². The summed E-state index contributed by atoms with van der Waals surface area (Å²) in [6.45, 7) is 11.1. The number of rotatable bonds is 4. The summed E-state index contributed by atoms with van der Waals surface area (Å²) >= 11 is 6.50. The number of hydrogen-bond acceptors (Lipinski definition) is 1. The zero-order valence-corrected chi connectivity index (χ0v) is 14.2. The zero-order valence-electron chi connectivity index (χ0n) is 13.5. The molecule has 0 saturated carbocycles. The highest BCUT2D eigenvalue weighted by molar-refractivity contribution is 6.33. The molecule has 0 amide bonds. The zero-order chi connectivity index (χ0) is 15.6. The Balaban J connectivity index is 2.44. The van der Waals surface area contributed by atoms with E-state index in [4.69, 9.17) is 16.3 Å². The Bertz CT molecular complexity index is 594. The van der Waals surface area contributed by atoms with Crippen LogP contribution in [0.4, 0.5) is 0 Å². The third kappa shape index (κ3) is 3.90. The Kier molecular flexibility index (Phi) is 4.80. The molecule has 0 radical (unpaired) electrons. The van der Waals surface area contributed by atoms with Gasteiger partial charge in [-0.2, -0.15) is 0 Å². The summed E-state index contributed by atoms with van der Waals surface area (Å²) in [5.41, 5.74) is 3.16. The Labute approximate surface area is 132 Å². The van der Waals surface area contributed by atoms with Crippen LogP contribution in [-0.2, 0) is 11.3 Å². The van der Waals surface area contributed by atoms with E-state index >= 15 is 0 Å². The van der Waals surface area contributed by atoms with Gasteiger partial charge in [0.15, 0.2) is 0 Å². The van der Waals surface area contributed by atoms with Gasteiger partial charge in [-0.25, -0.2) is 0 Å². The number of nitrogens with zero attached hydrogens (tertiary/aromatic N) is 1. The second kappa shape index (κ2) is 6.25. The van der Waals surface area contributed by atoms with Gasteiger partial charge in [0.1, 0.15) is 0 Å². The molecule has 3 heteroatoms. The van der Waals surface area contributed by atoms with E-state index in [1.807, 2.05) is 24.3 Å². The second-order valence-electron chi connectivity index (χ2n) is 6.56. The molecule has 0 fully saturated rings. The molecule has 1 aromatic heterocycles. The van der Waals surface area contributed by atoms with Gasteiger partial charge in [-0.1, -0.05) is 41.9 Å². The van der Waals surface area contributed by atoms with Gasteiger partial charge in [0.25, 0.3) is 0 Å². The van der Waals surface area contributed by atoms with Gasteiger partial charge >= 0.3 is 0 Å². The minimum atomic E-state index is -0.161. The largest absolute Gasteiger partial charge is 0.370 e. The van der Waals surface area contributed by atoms with E-state index in [0.717, 1.165) is 22.0 Å². The molecule has 1 heterocycles. The first kappa shape index (κ1) is 16.1. The molecule has 2 rings (SSSR count). The maximum atomic E-state index is 6.50. The lowest BCUT2D eigenvalue weighted by atomic mass is 10.1. The van der Waals surface area contributed by atoms with Gasteiger partial charge in [-0.15, -0.1) is 0 Å². The van der Waals surface area contributed by atoms with Crippen molar-refractivity contribution in [1.29, 1.82) is 0 Å². The fourth-order valence-corrected chi connectivity index (χ4v) is 2.73. The SMILES string of the molecule is CC(C)n1c(COC(C)(C)C)cc(Cl)c1-c1ccccc1. The van der Waals surface area contributed by atoms with Crippen LogP contribution in [0, 0.1) is 0 Å². The van der Waals surface area contributed by atoms with Crippen LogP contribution in [0.5, 0.6) is 0 Å². The number of aromatic nitrogens is 1. The lowest BCUT2D eigenvalue weighted by Crippen LogP contribution is -2.20. The van der Waals surface area contributed by atoms with Crippen molar-refractivity contribution in [3.05, 3.63) is 47.1 Å². The molecule has 21 heavy (non-hydrogen) atoms. The number of hydrogen-bond donors (Lipinski definition) is 0. The third-order valence-electron chi connectivity index (χ3n) is 3.29. The summed E-state index contributed by atoms with van der Waals surface area (Å²) in [6.07, 6.45) is 0. The molecule has 114 valence electrons. The Hall–Kier alpha value is -1.25. The summed E-state index contributed by atoms with van der Waals surface area (Å²) in [7, 11) is 0. The summed E-state index contributed by atoms with van der Waals surface area (Å²) in [5.74, 6) is 0. The molecule has 0 N–H and O–H groups in total. The summed E-state index contributed by atoms with van der Waals surface area (Å²) in [6, 6.07) is 12.6. The van der Waals surface area contributed by atoms with Crippen molar-refractivity contribution in [3.63, 3.8) is 0 Å². The first-order valence-electron chi connectivity index (χ1n) is 7.38. The fraction of sp³-hybridized carbons (Fsp3) is 0.444. The standard InChI is InChI=1S/C18H24ClNO/c1-13(2)20-15(12-21-18(3,4)5)11-16(19)17(20)14-9-7-6-8-10-14/h6-11,13H,12H2,1-5H3. The topological polar surface area (TPSA) is 14.2 Å². The predicted octanol–water partition coefficient (Wildman–Crippen LogP) is 5.70. The first-order chi connectivity index (χ1) is 9.79. The maximum absolute atomic E-state index is 6.50. The molecule has 0 bridgehead atoms.